The quantitative estimate of drug-likeness (QED) is 0.389. The van der Waals surface area contributed by atoms with Crippen LogP contribution in [0, 0.1) is 0 Å². The number of ether oxygens (including phenoxy) is 1. The van der Waals surface area contributed by atoms with Gasteiger partial charge in [-0.1, -0.05) is 12.3 Å². The fraction of sp³-hybridized carbons (Fsp3) is 0.571. The van der Waals surface area contributed by atoms with Crippen LogP contribution in [0.2, 0.25) is 0 Å². The molecule has 0 bridgehead atoms. The summed E-state index contributed by atoms with van der Waals surface area (Å²) in [6.45, 7) is 5.88. The second-order valence-corrected chi connectivity index (χ2v) is 2.08. The molecule has 1 fully saturated rings. The van der Waals surface area contributed by atoms with Crippen LogP contribution in [0.4, 0.5) is 0 Å². The first-order valence-corrected chi connectivity index (χ1v) is 3.24. The normalized spacial score (nSPS) is 18.2. The Morgan fingerprint density at radius 3 is 2.60 bits per heavy atom. The summed E-state index contributed by atoms with van der Waals surface area (Å²) in [5.74, 6) is -0.122. The Bertz CT molecular complexity index is 155. The second-order valence-electron chi connectivity index (χ2n) is 2.08. The zero-order valence-electron chi connectivity index (χ0n) is 5.80. The first-order valence-electron chi connectivity index (χ1n) is 3.24. The summed E-state index contributed by atoms with van der Waals surface area (Å²) in [4.78, 5) is 1.68. The number of rotatable bonds is 1. The minimum absolute atomic E-state index is 0.122. The van der Waals surface area contributed by atoms with E-state index in [4.69, 9.17) is 4.74 Å². The van der Waals surface area contributed by atoms with Gasteiger partial charge in [0, 0.05) is 13.1 Å². The van der Waals surface area contributed by atoms with Gasteiger partial charge in [-0.2, -0.15) is 0 Å². The molecule has 0 aromatic heterocycles. The molecule has 0 aromatic rings. The fourth-order valence-corrected chi connectivity index (χ4v) is 0.878. The third kappa shape index (κ3) is 1.53. The number of nitrogens with zero attached hydrogens (tertiary/aromatic N) is 1. The SMILES string of the molecule is C=C=C([O])N1CCOCC1. The van der Waals surface area contributed by atoms with Gasteiger partial charge < -0.3 is 9.64 Å². The summed E-state index contributed by atoms with van der Waals surface area (Å²) >= 11 is 0. The summed E-state index contributed by atoms with van der Waals surface area (Å²) in [7, 11) is 0. The van der Waals surface area contributed by atoms with Gasteiger partial charge in [0.25, 0.3) is 5.88 Å². The zero-order valence-corrected chi connectivity index (χ0v) is 5.80. The van der Waals surface area contributed by atoms with Gasteiger partial charge in [-0.3, -0.25) is 5.11 Å². The van der Waals surface area contributed by atoms with Crippen molar-refractivity contribution in [1.82, 2.24) is 4.90 Å². The van der Waals surface area contributed by atoms with Crippen molar-refractivity contribution in [1.29, 1.82) is 0 Å². The molecule has 0 N–H and O–H groups in total. The Labute approximate surface area is 60.2 Å². The van der Waals surface area contributed by atoms with Gasteiger partial charge in [0.1, 0.15) is 0 Å². The maximum Gasteiger partial charge on any atom is 0.290 e. The highest BCUT2D eigenvalue weighted by atomic mass is 16.5. The molecule has 10 heavy (non-hydrogen) atoms. The van der Waals surface area contributed by atoms with E-state index in [9.17, 15) is 5.11 Å². The van der Waals surface area contributed by atoms with E-state index in [1.165, 1.54) is 0 Å². The smallest absolute Gasteiger partial charge is 0.290 e. The Hall–Kier alpha value is -0.920. The van der Waals surface area contributed by atoms with Crippen LogP contribution in [0.3, 0.4) is 0 Å². The highest BCUT2D eigenvalue weighted by Gasteiger charge is 2.12. The van der Waals surface area contributed by atoms with Gasteiger partial charge in [-0.15, -0.1) is 0 Å². The molecule has 1 aliphatic rings. The second kappa shape index (κ2) is 3.30. The molecule has 1 heterocycles. The predicted octanol–water partition coefficient (Wildman–Crippen LogP) is 0.375. The molecule has 55 valence electrons. The van der Waals surface area contributed by atoms with Crippen LogP contribution in [-0.4, -0.2) is 31.2 Å². The van der Waals surface area contributed by atoms with E-state index in [0.29, 0.717) is 26.3 Å². The third-order valence-corrected chi connectivity index (χ3v) is 1.45. The van der Waals surface area contributed by atoms with Gasteiger partial charge >= 0.3 is 0 Å². The van der Waals surface area contributed by atoms with Gasteiger partial charge in [-0.25, -0.2) is 0 Å². The molecule has 0 aromatic carbocycles. The van der Waals surface area contributed by atoms with Crippen LogP contribution in [0.5, 0.6) is 0 Å². The Morgan fingerprint density at radius 2 is 2.10 bits per heavy atom. The van der Waals surface area contributed by atoms with E-state index in [-0.39, 0.29) is 5.88 Å². The van der Waals surface area contributed by atoms with Gasteiger partial charge in [-0.05, 0) is 0 Å². The molecule has 3 nitrogen and oxygen atoms in total. The maximum absolute atomic E-state index is 10.9. The molecule has 0 aliphatic carbocycles. The van der Waals surface area contributed by atoms with E-state index in [1.54, 1.807) is 4.90 Å². The summed E-state index contributed by atoms with van der Waals surface area (Å²) in [6.07, 6.45) is 0. The van der Waals surface area contributed by atoms with Crippen LogP contribution in [0.25, 0.3) is 0 Å². The Kier molecular flexibility index (Phi) is 2.37. The molecule has 1 aliphatic heterocycles. The summed E-state index contributed by atoms with van der Waals surface area (Å²) in [6, 6.07) is 0. The lowest BCUT2D eigenvalue weighted by Gasteiger charge is -2.24. The van der Waals surface area contributed by atoms with Crippen LogP contribution >= 0.6 is 0 Å². The topological polar surface area (TPSA) is 32.4 Å². The molecular formula is C7H10NO2. The standard InChI is InChI=1S/C7H10NO2/c1-2-7(9)8-3-5-10-6-4-8/h1,3-6H2. The average molecular weight is 140 g/mol. The molecule has 0 atom stereocenters. The minimum atomic E-state index is -0.122. The molecular weight excluding hydrogens is 130 g/mol. The molecule has 3 heteroatoms. The summed E-state index contributed by atoms with van der Waals surface area (Å²) in [5.41, 5.74) is 2.32. The largest absolute Gasteiger partial charge is 0.378 e. The van der Waals surface area contributed by atoms with Crippen LogP contribution < -0.4 is 0 Å². The van der Waals surface area contributed by atoms with Crippen molar-refractivity contribution < 1.29 is 9.84 Å². The van der Waals surface area contributed by atoms with Gasteiger partial charge in [0.05, 0.1) is 13.2 Å². The Balaban J connectivity index is 2.46. The first kappa shape index (κ1) is 7.19. The van der Waals surface area contributed by atoms with Crippen molar-refractivity contribution >= 4 is 0 Å². The lowest BCUT2D eigenvalue weighted by Crippen LogP contribution is -2.34. The number of morpholine rings is 1. The molecule has 1 rings (SSSR count). The Morgan fingerprint density at radius 1 is 1.50 bits per heavy atom. The molecule has 0 amide bonds. The van der Waals surface area contributed by atoms with E-state index in [2.05, 4.69) is 12.3 Å². The maximum atomic E-state index is 10.9. The number of hydrogen-bond acceptors (Lipinski definition) is 2. The van der Waals surface area contributed by atoms with E-state index in [1.807, 2.05) is 0 Å². The van der Waals surface area contributed by atoms with Crippen molar-refractivity contribution in [3.05, 3.63) is 18.2 Å². The molecule has 1 saturated heterocycles. The van der Waals surface area contributed by atoms with Crippen LogP contribution in [0.15, 0.2) is 18.2 Å². The summed E-state index contributed by atoms with van der Waals surface area (Å²) < 4.78 is 5.05. The third-order valence-electron chi connectivity index (χ3n) is 1.45. The lowest BCUT2D eigenvalue weighted by molar-refractivity contribution is 0.0204. The highest BCUT2D eigenvalue weighted by Crippen LogP contribution is 2.02. The van der Waals surface area contributed by atoms with Crippen molar-refractivity contribution in [2.45, 2.75) is 0 Å². The predicted molar refractivity (Wildman–Crippen MR) is 35.7 cm³/mol. The van der Waals surface area contributed by atoms with Crippen LogP contribution in [-0.2, 0) is 9.84 Å². The molecule has 1 radical (unpaired) electrons. The van der Waals surface area contributed by atoms with Crippen molar-refractivity contribution in [3.8, 4) is 0 Å². The van der Waals surface area contributed by atoms with E-state index < -0.39 is 0 Å². The molecule has 0 unspecified atom stereocenters. The lowest BCUT2D eigenvalue weighted by atomic mass is 10.4. The minimum Gasteiger partial charge on any atom is -0.378 e. The monoisotopic (exact) mass is 140 g/mol. The van der Waals surface area contributed by atoms with Crippen molar-refractivity contribution in [2.24, 2.45) is 0 Å². The van der Waals surface area contributed by atoms with E-state index >= 15 is 0 Å². The average Bonchev–Trinajstić information content (AvgIpc) is 2.05. The molecule has 0 spiro atoms. The highest BCUT2D eigenvalue weighted by molar-refractivity contribution is 4.87. The van der Waals surface area contributed by atoms with Crippen molar-refractivity contribution in [2.75, 3.05) is 26.3 Å². The fourth-order valence-electron chi connectivity index (χ4n) is 0.878. The van der Waals surface area contributed by atoms with E-state index in [0.717, 1.165) is 0 Å². The van der Waals surface area contributed by atoms with Crippen molar-refractivity contribution in [3.63, 3.8) is 0 Å². The van der Waals surface area contributed by atoms with Gasteiger partial charge in [0.15, 0.2) is 0 Å². The molecule has 0 saturated carbocycles. The number of hydrogen-bond donors (Lipinski definition) is 0. The summed E-state index contributed by atoms with van der Waals surface area (Å²) in [5, 5.41) is 10.9. The first-order chi connectivity index (χ1) is 4.84. The zero-order chi connectivity index (χ0) is 7.40. The van der Waals surface area contributed by atoms with Crippen LogP contribution in [0.1, 0.15) is 0 Å². The van der Waals surface area contributed by atoms with Gasteiger partial charge in [0.2, 0.25) is 0 Å².